The molecule has 0 radical (unpaired) electrons. The molecule has 0 atom stereocenters. The lowest BCUT2D eigenvalue weighted by atomic mass is 10.1. The molecular formula is C23H24FN3O2. The van der Waals surface area contributed by atoms with Crippen molar-refractivity contribution in [3.05, 3.63) is 89.5 Å². The van der Waals surface area contributed by atoms with Crippen molar-refractivity contribution in [2.24, 2.45) is 0 Å². The third-order valence-corrected chi connectivity index (χ3v) is 4.55. The first-order valence-electron chi connectivity index (χ1n) is 9.51. The number of nitrogens with one attached hydrogen (secondary N) is 2. The van der Waals surface area contributed by atoms with Gasteiger partial charge in [-0.15, -0.1) is 0 Å². The van der Waals surface area contributed by atoms with Crippen molar-refractivity contribution in [1.29, 1.82) is 0 Å². The number of para-hydroxylation sites is 1. The zero-order valence-electron chi connectivity index (χ0n) is 16.3. The van der Waals surface area contributed by atoms with Crippen LogP contribution in [0.3, 0.4) is 0 Å². The smallest absolute Gasteiger partial charge is 0.269 e. The summed E-state index contributed by atoms with van der Waals surface area (Å²) in [7, 11) is 1.63. The Hall–Kier alpha value is -3.41. The van der Waals surface area contributed by atoms with Gasteiger partial charge in [-0.3, -0.25) is 4.79 Å². The van der Waals surface area contributed by atoms with E-state index in [4.69, 9.17) is 4.74 Å². The predicted molar refractivity (Wildman–Crippen MR) is 112 cm³/mol. The summed E-state index contributed by atoms with van der Waals surface area (Å²) < 4.78 is 18.9. The fraction of sp³-hybridized carbons (Fsp3) is 0.217. The quantitative estimate of drug-likeness (QED) is 0.580. The number of methoxy groups -OCH3 is 1. The molecule has 0 aliphatic heterocycles. The Morgan fingerprint density at radius 3 is 2.41 bits per heavy atom. The van der Waals surface area contributed by atoms with Crippen molar-refractivity contribution in [1.82, 2.24) is 10.3 Å². The predicted octanol–water partition coefficient (Wildman–Crippen LogP) is 3.86. The molecule has 0 spiro atoms. The van der Waals surface area contributed by atoms with Crippen molar-refractivity contribution in [2.45, 2.75) is 12.8 Å². The second-order valence-corrected chi connectivity index (χ2v) is 6.52. The molecule has 0 saturated heterocycles. The SMILES string of the molecule is COc1ccccc1CCNC(=O)c1ccc(NCCc2ccccc2F)cn1. The van der Waals surface area contributed by atoms with Gasteiger partial charge in [0.1, 0.15) is 17.3 Å². The third-order valence-electron chi connectivity index (χ3n) is 4.55. The molecule has 3 aromatic rings. The molecule has 0 bridgehead atoms. The molecule has 5 nitrogen and oxygen atoms in total. The van der Waals surface area contributed by atoms with Crippen molar-refractivity contribution in [3.63, 3.8) is 0 Å². The number of carbonyl (C=O) groups excluding carboxylic acids is 1. The average molecular weight is 393 g/mol. The number of nitrogens with zero attached hydrogens (tertiary/aromatic N) is 1. The van der Waals surface area contributed by atoms with Gasteiger partial charge in [-0.2, -0.15) is 0 Å². The van der Waals surface area contributed by atoms with Gasteiger partial charge in [0, 0.05) is 13.1 Å². The van der Waals surface area contributed by atoms with Gasteiger partial charge in [0.2, 0.25) is 0 Å². The summed E-state index contributed by atoms with van der Waals surface area (Å²) in [6.07, 6.45) is 2.85. The van der Waals surface area contributed by atoms with E-state index in [0.717, 1.165) is 17.0 Å². The summed E-state index contributed by atoms with van der Waals surface area (Å²) in [5.41, 5.74) is 2.84. The molecule has 6 heteroatoms. The second kappa shape index (κ2) is 10.2. The highest BCUT2D eigenvalue weighted by atomic mass is 19.1. The van der Waals surface area contributed by atoms with Crippen LogP contribution in [0, 0.1) is 5.82 Å². The van der Waals surface area contributed by atoms with E-state index in [1.54, 1.807) is 37.6 Å². The minimum Gasteiger partial charge on any atom is -0.496 e. The summed E-state index contributed by atoms with van der Waals surface area (Å²) >= 11 is 0. The first-order valence-corrected chi connectivity index (χ1v) is 9.51. The molecule has 150 valence electrons. The average Bonchev–Trinajstić information content (AvgIpc) is 2.76. The number of hydrogen-bond acceptors (Lipinski definition) is 4. The summed E-state index contributed by atoms with van der Waals surface area (Å²) in [5, 5.41) is 6.06. The standard InChI is InChI=1S/C23H24FN3O2/c1-29-22-9-5-3-7-18(22)13-15-26-23(28)21-11-10-19(16-27-21)25-14-12-17-6-2-4-8-20(17)24/h2-11,16,25H,12-15H2,1H3,(H,26,28). The third kappa shape index (κ3) is 5.78. The summed E-state index contributed by atoms with van der Waals surface area (Å²) in [5.74, 6) is 0.385. The van der Waals surface area contributed by atoms with Crippen LogP contribution in [-0.2, 0) is 12.8 Å². The number of rotatable bonds is 9. The van der Waals surface area contributed by atoms with Crippen LogP contribution in [0.15, 0.2) is 66.9 Å². The first kappa shape index (κ1) is 20.3. The minimum atomic E-state index is -0.224. The van der Waals surface area contributed by atoms with Crippen molar-refractivity contribution in [2.75, 3.05) is 25.5 Å². The number of benzene rings is 2. The second-order valence-electron chi connectivity index (χ2n) is 6.52. The number of anilines is 1. The van der Waals surface area contributed by atoms with Crippen molar-refractivity contribution < 1.29 is 13.9 Å². The van der Waals surface area contributed by atoms with Crippen molar-refractivity contribution >= 4 is 11.6 Å². The van der Waals surface area contributed by atoms with E-state index in [0.29, 0.717) is 37.2 Å². The highest BCUT2D eigenvalue weighted by Gasteiger charge is 2.08. The van der Waals surface area contributed by atoms with Gasteiger partial charge < -0.3 is 15.4 Å². The van der Waals surface area contributed by atoms with E-state index >= 15 is 0 Å². The molecule has 0 fully saturated rings. The number of hydrogen-bond donors (Lipinski definition) is 2. The van der Waals surface area contributed by atoms with E-state index in [9.17, 15) is 9.18 Å². The van der Waals surface area contributed by atoms with Gasteiger partial charge in [0.15, 0.2) is 0 Å². The molecule has 0 unspecified atom stereocenters. The number of amides is 1. The Balaban J connectivity index is 1.45. The van der Waals surface area contributed by atoms with Gasteiger partial charge in [-0.05, 0) is 48.2 Å². The maximum Gasteiger partial charge on any atom is 0.269 e. The van der Waals surface area contributed by atoms with Crippen molar-refractivity contribution in [3.8, 4) is 5.75 Å². The first-order chi connectivity index (χ1) is 14.2. The number of ether oxygens (including phenoxy) is 1. The Morgan fingerprint density at radius 1 is 0.966 bits per heavy atom. The number of aromatic nitrogens is 1. The Kier molecular flexibility index (Phi) is 7.16. The number of carbonyl (C=O) groups is 1. The fourth-order valence-electron chi connectivity index (χ4n) is 2.99. The molecule has 0 aliphatic rings. The van der Waals surface area contributed by atoms with Crippen LogP contribution < -0.4 is 15.4 Å². The summed E-state index contributed by atoms with van der Waals surface area (Å²) in [6.45, 7) is 1.07. The molecule has 0 saturated carbocycles. The molecule has 2 N–H and O–H groups in total. The maximum atomic E-state index is 13.6. The molecule has 1 amide bonds. The van der Waals surface area contributed by atoms with Crippen LogP contribution in [-0.4, -0.2) is 31.1 Å². The monoisotopic (exact) mass is 393 g/mol. The normalized spacial score (nSPS) is 10.4. The van der Waals surface area contributed by atoms with E-state index in [1.165, 1.54) is 6.07 Å². The number of pyridine rings is 1. The van der Waals surface area contributed by atoms with Gasteiger partial charge in [0.25, 0.3) is 5.91 Å². The van der Waals surface area contributed by atoms with Crippen LogP contribution in [0.1, 0.15) is 21.6 Å². The molecule has 1 heterocycles. The molecule has 2 aromatic carbocycles. The van der Waals surface area contributed by atoms with Crippen LogP contribution in [0.4, 0.5) is 10.1 Å². The van der Waals surface area contributed by atoms with E-state index in [-0.39, 0.29) is 11.7 Å². The van der Waals surface area contributed by atoms with Gasteiger partial charge >= 0.3 is 0 Å². The van der Waals surface area contributed by atoms with Crippen LogP contribution in [0.25, 0.3) is 0 Å². The zero-order chi connectivity index (χ0) is 20.5. The van der Waals surface area contributed by atoms with Crippen LogP contribution in [0.2, 0.25) is 0 Å². The van der Waals surface area contributed by atoms with E-state index in [1.807, 2.05) is 30.3 Å². The van der Waals surface area contributed by atoms with Crippen LogP contribution >= 0.6 is 0 Å². The molecule has 29 heavy (non-hydrogen) atoms. The lowest BCUT2D eigenvalue weighted by Crippen LogP contribution is -2.26. The fourth-order valence-corrected chi connectivity index (χ4v) is 2.99. The summed E-state index contributed by atoms with van der Waals surface area (Å²) in [6, 6.07) is 17.9. The van der Waals surface area contributed by atoms with E-state index in [2.05, 4.69) is 15.6 Å². The largest absolute Gasteiger partial charge is 0.496 e. The Bertz CT molecular complexity index is 945. The summed E-state index contributed by atoms with van der Waals surface area (Å²) in [4.78, 5) is 16.5. The minimum absolute atomic E-state index is 0.201. The maximum absolute atomic E-state index is 13.6. The lowest BCUT2D eigenvalue weighted by Gasteiger charge is -2.10. The topological polar surface area (TPSA) is 63.2 Å². The highest BCUT2D eigenvalue weighted by Crippen LogP contribution is 2.17. The van der Waals surface area contributed by atoms with E-state index < -0.39 is 0 Å². The van der Waals surface area contributed by atoms with Gasteiger partial charge in [0.05, 0.1) is 19.0 Å². The Morgan fingerprint density at radius 2 is 1.69 bits per heavy atom. The van der Waals surface area contributed by atoms with Crippen LogP contribution in [0.5, 0.6) is 5.75 Å². The van der Waals surface area contributed by atoms with Gasteiger partial charge in [-0.1, -0.05) is 36.4 Å². The van der Waals surface area contributed by atoms with Gasteiger partial charge in [-0.25, -0.2) is 9.37 Å². The zero-order valence-corrected chi connectivity index (χ0v) is 16.3. The Labute approximate surface area is 169 Å². The molecule has 1 aromatic heterocycles. The molecular weight excluding hydrogens is 369 g/mol. The number of halogens is 1. The lowest BCUT2D eigenvalue weighted by molar-refractivity contribution is 0.0949. The molecule has 3 rings (SSSR count). The highest BCUT2D eigenvalue weighted by molar-refractivity contribution is 5.92. The molecule has 0 aliphatic carbocycles.